The summed E-state index contributed by atoms with van der Waals surface area (Å²) in [6.45, 7) is 3.31. The van der Waals surface area contributed by atoms with E-state index >= 15 is 0 Å². The summed E-state index contributed by atoms with van der Waals surface area (Å²) in [5.41, 5.74) is 2.32. The fourth-order valence-electron chi connectivity index (χ4n) is 2.49. The zero-order chi connectivity index (χ0) is 19.7. The topological polar surface area (TPSA) is 83.5 Å². The van der Waals surface area contributed by atoms with E-state index in [1.54, 1.807) is 5.38 Å². The van der Waals surface area contributed by atoms with Crippen LogP contribution in [0.2, 0.25) is 5.02 Å². The summed E-state index contributed by atoms with van der Waals surface area (Å²) < 4.78 is 0. The Kier molecular flexibility index (Phi) is 5.46. The highest BCUT2D eigenvalue weighted by Crippen LogP contribution is 2.37. The molecule has 8 heteroatoms. The largest absolute Gasteiger partial charge is 0.478 e. The monoisotopic (exact) mass is 419 g/mol. The van der Waals surface area contributed by atoms with Crippen LogP contribution in [0, 0.1) is 6.92 Å². The molecule has 0 spiro atoms. The zero-order valence-corrected chi connectivity index (χ0v) is 16.7. The molecule has 0 unspecified atom stereocenters. The molecule has 0 aliphatic carbocycles. The minimum Gasteiger partial charge on any atom is -0.478 e. The summed E-state index contributed by atoms with van der Waals surface area (Å²) in [7, 11) is 0. The number of aryl methyl sites for hydroxylation is 1. The van der Waals surface area contributed by atoms with E-state index in [9.17, 15) is 19.5 Å². The Bertz CT molecular complexity index is 1050. The van der Waals surface area contributed by atoms with Crippen LogP contribution in [0.1, 0.15) is 42.9 Å². The Hall–Kier alpha value is -2.48. The molecule has 0 atom stereocenters. The van der Waals surface area contributed by atoms with Crippen molar-refractivity contribution < 1.29 is 19.5 Å². The van der Waals surface area contributed by atoms with Crippen molar-refractivity contribution >= 4 is 57.6 Å². The first-order valence-corrected chi connectivity index (χ1v) is 9.94. The predicted octanol–water partition coefficient (Wildman–Crippen LogP) is 5.59. The second kappa shape index (κ2) is 7.64. The van der Waals surface area contributed by atoms with E-state index in [-0.39, 0.29) is 32.5 Å². The summed E-state index contributed by atoms with van der Waals surface area (Å²) in [4.78, 5) is 36.6. The number of nitrogens with one attached hydrogen (secondary N) is 1. The number of carbonyl (C=O) groups excluding carboxylic acids is 2. The molecule has 0 fully saturated rings. The van der Waals surface area contributed by atoms with E-state index < -0.39 is 11.9 Å². The highest BCUT2D eigenvalue weighted by atomic mass is 35.5. The molecule has 3 aromatic rings. The Morgan fingerprint density at radius 2 is 1.74 bits per heavy atom. The van der Waals surface area contributed by atoms with Crippen LogP contribution in [-0.2, 0) is 0 Å². The number of benzene rings is 1. The van der Waals surface area contributed by atoms with Crippen LogP contribution < -0.4 is 5.32 Å². The molecule has 1 amide bonds. The highest BCUT2D eigenvalue weighted by Gasteiger charge is 2.24. The van der Waals surface area contributed by atoms with Gasteiger partial charge in [0.2, 0.25) is 0 Å². The van der Waals surface area contributed by atoms with Crippen molar-refractivity contribution in [2.45, 2.75) is 13.8 Å². The molecule has 0 saturated heterocycles. The van der Waals surface area contributed by atoms with Gasteiger partial charge in [-0.1, -0.05) is 41.4 Å². The number of rotatable bonds is 5. The van der Waals surface area contributed by atoms with Crippen LogP contribution in [0.5, 0.6) is 0 Å². The molecule has 3 rings (SSSR count). The fraction of sp³-hybridized carbons (Fsp3) is 0.105. The van der Waals surface area contributed by atoms with Crippen LogP contribution in [0.15, 0.2) is 35.0 Å². The normalized spacial score (nSPS) is 10.6. The van der Waals surface area contributed by atoms with Crippen molar-refractivity contribution in [1.82, 2.24) is 0 Å². The van der Waals surface area contributed by atoms with Crippen LogP contribution >= 0.6 is 34.3 Å². The number of carboxylic acids is 1. The van der Waals surface area contributed by atoms with E-state index in [4.69, 9.17) is 11.6 Å². The number of thiophene rings is 2. The number of Topliss-reactive ketones (excluding diaryl/α,β-unsaturated/α-hetero) is 1. The Morgan fingerprint density at radius 3 is 2.30 bits per heavy atom. The van der Waals surface area contributed by atoms with E-state index in [0.29, 0.717) is 4.88 Å². The third kappa shape index (κ3) is 3.80. The van der Waals surface area contributed by atoms with Crippen LogP contribution in [0.4, 0.5) is 5.69 Å². The van der Waals surface area contributed by atoms with Crippen molar-refractivity contribution in [3.05, 3.63) is 61.6 Å². The number of hydrogen-bond acceptors (Lipinski definition) is 5. The number of carbonyl (C=O) groups is 3. The Balaban J connectivity index is 1.96. The fourth-order valence-corrected chi connectivity index (χ4v) is 4.86. The lowest BCUT2D eigenvalue weighted by atomic mass is 10.1. The summed E-state index contributed by atoms with van der Waals surface area (Å²) in [6, 6.07) is 7.48. The number of hydrogen-bond donors (Lipinski definition) is 2. The summed E-state index contributed by atoms with van der Waals surface area (Å²) >= 11 is 8.39. The van der Waals surface area contributed by atoms with Crippen LogP contribution in [0.25, 0.3) is 10.4 Å². The maximum absolute atomic E-state index is 12.6. The van der Waals surface area contributed by atoms with E-state index in [2.05, 4.69) is 5.32 Å². The number of carboxylic acid groups (broad SMARTS) is 1. The molecule has 0 bridgehead atoms. The third-order valence-corrected chi connectivity index (χ3v) is 6.40. The molecule has 2 aromatic heterocycles. The van der Waals surface area contributed by atoms with Gasteiger partial charge in [0.15, 0.2) is 5.78 Å². The Morgan fingerprint density at radius 1 is 1.07 bits per heavy atom. The first kappa shape index (κ1) is 19.3. The molecular formula is C19H14ClNO4S2. The van der Waals surface area contributed by atoms with Crippen molar-refractivity contribution in [2.24, 2.45) is 0 Å². The second-order valence-electron chi connectivity index (χ2n) is 5.83. The number of anilines is 1. The molecule has 0 saturated carbocycles. The summed E-state index contributed by atoms with van der Waals surface area (Å²) in [5.74, 6) is -1.92. The second-order valence-corrected chi connectivity index (χ2v) is 7.96. The predicted molar refractivity (Wildman–Crippen MR) is 109 cm³/mol. The van der Waals surface area contributed by atoms with Gasteiger partial charge >= 0.3 is 5.97 Å². The number of aromatic carboxylic acids is 1. The van der Waals surface area contributed by atoms with Gasteiger partial charge < -0.3 is 10.4 Å². The zero-order valence-electron chi connectivity index (χ0n) is 14.3. The van der Waals surface area contributed by atoms with E-state index in [0.717, 1.165) is 22.5 Å². The van der Waals surface area contributed by atoms with Gasteiger partial charge in [0.05, 0.1) is 15.6 Å². The molecule has 2 heterocycles. The van der Waals surface area contributed by atoms with Gasteiger partial charge in [0.25, 0.3) is 5.91 Å². The minimum absolute atomic E-state index is 0.0247. The minimum atomic E-state index is -1.14. The molecule has 5 nitrogen and oxygen atoms in total. The van der Waals surface area contributed by atoms with Gasteiger partial charge in [-0.25, -0.2) is 4.79 Å². The highest BCUT2D eigenvalue weighted by molar-refractivity contribution is 7.15. The van der Waals surface area contributed by atoms with Gasteiger partial charge in [-0.15, -0.1) is 22.7 Å². The molecule has 138 valence electrons. The van der Waals surface area contributed by atoms with Crippen molar-refractivity contribution in [3.63, 3.8) is 0 Å². The van der Waals surface area contributed by atoms with Gasteiger partial charge in [-0.3, -0.25) is 9.59 Å². The molecule has 0 aliphatic rings. The molecule has 1 aromatic carbocycles. The standard InChI is InChI=1S/C19H14ClNO4S2/c1-9-3-5-11(6-4-9)16-14(19(24)25)13(8-27-16)21-18(23)17-15(20)12(7-26-17)10(2)22/h3-8H,1-2H3,(H,21,23)(H,24,25). The quantitative estimate of drug-likeness (QED) is 0.528. The maximum Gasteiger partial charge on any atom is 0.339 e. The molecule has 0 radical (unpaired) electrons. The van der Waals surface area contributed by atoms with Crippen molar-refractivity contribution in [1.29, 1.82) is 0 Å². The van der Waals surface area contributed by atoms with Gasteiger partial charge in [0.1, 0.15) is 10.4 Å². The summed E-state index contributed by atoms with van der Waals surface area (Å²) in [5, 5.41) is 15.4. The lowest BCUT2D eigenvalue weighted by Gasteiger charge is -2.06. The smallest absolute Gasteiger partial charge is 0.339 e. The third-order valence-electron chi connectivity index (χ3n) is 3.88. The molecule has 0 aliphatic heterocycles. The van der Waals surface area contributed by atoms with Crippen LogP contribution in [-0.4, -0.2) is 22.8 Å². The first-order chi connectivity index (χ1) is 12.8. The Labute approximate surface area is 168 Å². The molecule has 2 N–H and O–H groups in total. The SMILES string of the molecule is CC(=O)c1csc(C(=O)Nc2csc(-c3ccc(C)cc3)c2C(=O)O)c1Cl. The van der Waals surface area contributed by atoms with Crippen LogP contribution in [0.3, 0.4) is 0 Å². The molecule has 27 heavy (non-hydrogen) atoms. The summed E-state index contributed by atoms with van der Waals surface area (Å²) in [6.07, 6.45) is 0. The van der Waals surface area contributed by atoms with E-state index in [1.807, 2.05) is 31.2 Å². The average molecular weight is 420 g/mol. The first-order valence-electron chi connectivity index (χ1n) is 7.80. The number of amides is 1. The van der Waals surface area contributed by atoms with E-state index in [1.165, 1.54) is 23.6 Å². The van der Waals surface area contributed by atoms with Crippen molar-refractivity contribution in [3.8, 4) is 10.4 Å². The number of ketones is 1. The molecular weight excluding hydrogens is 406 g/mol. The average Bonchev–Trinajstić information content (AvgIpc) is 3.19. The van der Waals surface area contributed by atoms with Crippen molar-refractivity contribution in [2.75, 3.05) is 5.32 Å². The van der Waals surface area contributed by atoms with Gasteiger partial charge in [0, 0.05) is 16.3 Å². The van der Waals surface area contributed by atoms with Gasteiger partial charge in [-0.2, -0.15) is 0 Å². The lowest BCUT2D eigenvalue weighted by Crippen LogP contribution is -2.13. The lowest BCUT2D eigenvalue weighted by molar-refractivity contribution is 0.0699. The number of halogens is 1. The maximum atomic E-state index is 12.6. The van der Waals surface area contributed by atoms with Gasteiger partial charge in [-0.05, 0) is 19.4 Å².